The van der Waals surface area contributed by atoms with Gasteiger partial charge in [-0.05, 0) is 66.7 Å². The quantitative estimate of drug-likeness (QED) is 0.407. The molecule has 0 unspecified atom stereocenters. The first-order valence-corrected chi connectivity index (χ1v) is 14.4. The van der Waals surface area contributed by atoms with E-state index >= 15 is 0 Å². The minimum Gasteiger partial charge on any atom is -0.497 e. The van der Waals surface area contributed by atoms with Gasteiger partial charge in [-0.1, -0.05) is 0 Å². The maximum atomic E-state index is 13.1. The highest BCUT2D eigenvalue weighted by Gasteiger charge is 2.28. The summed E-state index contributed by atoms with van der Waals surface area (Å²) in [6, 6.07) is 16.0. The van der Waals surface area contributed by atoms with Crippen LogP contribution in [0, 0.1) is 0 Å². The van der Waals surface area contributed by atoms with Crippen molar-refractivity contribution in [2.75, 3.05) is 50.6 Å². The molecular weight excluding hydrogens is 534 g/mol. The summed E-state index contributed by atoms with van der Waals surface area (Å²) in [6.45, 7) is 1.03. The fraction of sp³-hybridized carbons (Fsp3) is 0.240. The molecule has 1 heterocycles. The van der Waals surface area contributed by atoms with Crippen molar-refractivity contribution in [3.63, 3.8) is 0 Å². The third kappa shape index (κ3) is 6.07. The number of hydrogen-bond acceptors (Lipinski definition) is 8. The van der Waals surface area contributed by atoms with Gasteiger partial charge in [0.25, 0.3) is 15.9 Å². The van der Waals surface area contributed by atoms with Crippen molar-refractivity contribution in [1.82, 2.24) is 4.31 Å². The van der Waals surface area contributed by atoms with E-state index in [1.165, 1.54) is 61.0 Å². The molecule has 0 bridgehead atoms. The minimum absolute atomic E-state index is 0.0116. The lowest BCUT2D eigenvalue weighted by Crippen LogP contribution is -2.40. The van der Waals surface area contributed by atoms with E-state index in [2.05, 4.69) is 10.0 Å². The number of benzene rings is 3. The van der Waals surface area contributed by atoms with Gasteiger partial charge in [-0.25, -0.2) is 16.8 Å². The topological polar surface area (TPSA) is 140 Å². The molecular formula is C25H27N3O8S2. The van der Waals surface area contributed by atoms with Gasteiger partial charge in [-0.15, -0.1) is 0 Å². The molecule has 1 aliphatic rings. The molecule has 1 aliphatic heterocycles. The van der Waals surface area contributed by atoms with Crippen LogP contribution in [0.15, 0.2) is 76.5 Å². The van der Waals surface area contributed by atoms with Crippen LogP contribution in [0.2, 0.25) is 0 Å². The Balaban J connectivity index is 1.51. The van der Waals surface area contributed by atoms with Gasteiger partial charge < -0.3 is 19.5 Å². The molecule has 3 aromatic carbocycles. The van der Waals surface area contributed by atoms with E-state index in [-0.39, 0.29) is 34.2 Å². The average Bonchev–Trinajstić information content (AvgIpc) is 2.93. The SMILES string of the molecule is COc1ccc(NS(=O)(=O)c2ccc(NC(=O)c3cc(S(=O)(=O)N4CCOCC4)ccc3OC)cc2)cc1. The van der Waals surface area contributed by atoms with Crippen LogP contribution in [-0.4, -0.2) is 67.6 Å². The summed E-state index contributed by atoms with van der Waals surface area (Å²) in [6.07, 6.45) is 0. The van der Waals surface area contributed by atoms with Gasteiger partial charge in [0.05, 0.1) is 42.8 Å². The number of ether oxygens (including phenoxy) is 3. The zero-order valence-corrected chi connectivity index (χ0v) is 22.3. The van der Waals surface area contributed by atoms with E-state index < -0.39 is 26.0 Å². The Morgan fingerprint density at radius 1 is 0.816 bits per heavy atom. The predicted octanol–water partition coefficient (Wildman–Crippen LogP) is 2.78. The highest BCUT2D eigenvalue weighted by atomic mass is 32.2. The fourth-order valence-electron chi connectivity index (χ4n) is 3.75. The van der Waals surface area contributed by atoms with Gasteiger partial charge in [0.2, 0.25) is 10.0 Å². The van der Waals surface area contributed by atoms with Crippen molar-refractivity contribution in [3.05, 3.63) is 72.3 Å². The molecule has 0 aliphatic carbocycles. The average molecular weight is 562 g/mol. The van der Waals surface area contributed by atoms with Gasteiger partial charge in [0.1, 0.15) is 11.5 Å². The summed E-state index contributed by atoms with van der Waals surface area (Å²) in [5, 5.41) is 2.66. The van der Waals surface area contributed by atoms with Crippen LogP contribution < -0.4 is 19.5 Å². The van der Waals surface area contributed by atoms with Crippen LogP contribution in [0.4, 0.5) is 11.4 Å². The summed E-state index contributed by atoms with van der Waals surface area (Å²) in [5.41, 5.74) is 0.684. The van der Waals surface area contributed by atoms with Crippen LogP contribution in [0.25, 0.3) is 0 Å². The van der Waals surface area contributed by atoms with Crippen LogP contribution >= 0.6 is 0 Å². The summed E-state index contributed by atoms with van der Waals surface area (Å²) in [4.78, 5) is 13.0. The predicted molar refractivity (Wildman–Crippen MR) is 141 cm³/mol. The number of morpholine rings is 1. The van der Waals surface area contributed by atoms with Gasteiger partial charge in [0, 0.05) is 24.5 Å². The van der Waals surface area contributed by atoms with Gasteiger partial charge in [-0.3, -0.25) is 9.52 Å². The normalized spacial score (nSPS) is 14.5. The second-order valence-corrected chi connectivity index (χ2v) is 11.8. The molecule has 1 fully saturated rings. The Morgan fingerprint density at radius 2 is 1.42 bits per heavy atom. The third-order valence-electron chi connectivity index (χ3n) is 5.79. The Hall–Kier alpha value is -3.65. The van der Waals surface area contributed by atoms with Crippen molar-refractivity contribution in [2.45, 2.75) is 9.79 Å². The lowest BCUT2D eigenvalue weighted by atomic mass is 10.2. The van der Waals surface area contributed by atoms with Crippen molar-refractivity contribution in [2.24, 2.45) is 0 Å². The zero-order chi connectivity index (χ0) is 27.3. The van der Waals surface area contributed by atoms with Crippen LogP contribution in [-0.2, 0) is 24.8 Å². The summed E-state index contributed by atoms with van der Waals surface area (Å²) in [7, 11) is -4.82. The van der Waals surface area contributed by atoms with Crippen LogP contribution in [0.1, 0.15) is 10.4 Å². The number of nitrogens with one attached hydrogen (secondary N) is 2. The van der Waals surface area contributed by atoms with Gasteiger partial charge >= 0.3 is 0 Å². The molecule has 13 heteroatoms. The first-order valence-electron chi connectivity index (χ1n) is 11.5. The number of anilines is 2. The van der Waals surface area contributed by atoms with E-state index in [1.807, 2.05) is 0 Å². The highest BCUT2D eigenvalue weighted by molar-refractivity contribution is 7.92. The van der Waals surface area contributed by atoms with Crippen molar-refractivity contribution in [1.29, 1.82) is 0 Å². The Kier molecular flexibility index (Phi) is 8.21. The molecule has 38 heavy (non-hydrogen) atoms. The van der Waals surface area contributed by atoms with Gasteiger partial charge in [0.15, 0.2) is 0 Å². The number of rotatable bonds is 9. The van der Waals surface area contributed by atoms with E-state index in [9.17, 15) is 21.6 Å². The molecule has 2 N–H and O–H groups in total. The van der Waals surface area contributed by atoms with Gasteiger partial charge in [-0.2, -0.15) is 4.31 Å². The number of carbonyl (C=O) groups is 1. The number of hydrogen-bond donors (Lipinski definition) is 2. The number of amides is 1. The maximum absolute atomic E-state index is 13.1. The molecule has 11 nitrogen and oxygen atoms in total. The number of methoxy groups -OCH3 is 2. The molecule has 0 spiro atoms. The van der Waals surface area contributed by atoms with E-state index in [0.29, 0.717) is 30.3 Å². The first-order chi connectivity index (χ1) is 18.1. The second-order valence-electron chi connectivity index (χ2n) is 8.19. The molecule has 0 radical (unpaired) electrons. The van der Waals surface area contributed by atoms with E-state index in [1.54, 1.807) is 24.3 Å². The molecule has 1 saturated heterocycles. The third-order valence-corrected chi connectivity index (χ3v) is 9.08. The van der Waals surface area contributed by atoms with Crippen molar-refractivity contribution in [3.8, 4) is 11.5 Å². The van der Waals surface area contributed by atoms with Crippen molar-refractivity contribution < 1.29 is 35.8 Å². The first kappa shape index (κ1) is 27.4. The smallest absolute Gasteiger partial charge is 0.261 e. The van der Waals surface area contributed by atoms with Crippen molar-refractivity contribution >= 4 is 37.3 Å². The van der Waals surface area contributed by atoms with Crippen LogP contribution in [0.5, 0.6) is 11.5 Å². The van der Waals surface area contributed by atoms with Crippen LogP contribution in [0.3, 0.4) is 0 Å². The molecule has 0 aromatic heterocycles. The Bertz CT molecular complexity index is 1500. The molecule has 0 saturated carbocycles. The highest BCUT2D eigenvalue weighted by Crippen LogP contribution is 2.27. The Labute approximate surface area is 221 Å². The largest absolute Gasteiger partial charge is 0.497 e. The summed E-state index contributed by atoms with van der Waals surface area (Å²) < 4.78 is 70.9. The molecule has 202 valence electrons. The molecule has 1 amide bonds. The zero-order valence-electron chi connectivity index (χ0n) is 20.7. The lowest BCUT2D eigenvalue weighted by molar-refractivity contribution is 0.0730. The molecule has 4 rings (SSSR count). The maximum Gasteiger partial charge on any atom is 0.261 e. The summed E-state index contributed by atoms with van der Waals surface area (Å²) in [5.74, 6) is 0.160. The lowest BCUT2D eigenvalue weighted by Gasteiger charge is -2.26. The number of nitrogens with zero attached hydrogens (tertiary/aromatic N) is 1. The second kappa shape index (κ2) is 11.4. The number of sulfonamides is 2. The minimum atomic E-state index is -3.88. The Morgan fingerprint density at radius 3 is 2.03 bits per heavy atom. The summed E-state index contributed by atoms with van der Waals surface area (Å²) >= 11 is 0. The standard InChI is InChI=1S/C25H27N3O8S2/c1-34-20-7-3-19(4-8-20)27-37(30,31)21-9-5-18(6-10-21)26-25(29)23-17-22(11-12-24(23)35-2)38(32,33)28-13-15-36-16-14-28/h3-12,17,27H,13-16H2,1-2H3,(H,26,29). The monoisotopic (exact) mass is 561 g/mol. The molecule has 0 atom stereocenters. The van der Waals surface area contributed by atoms with E-state index in [4.69, 9.17) is 14.2 Å². The molecule has 3 aromatic rings. The fourth-order valence-corrected chi connectivity index (χ4v) is 6.24. The number of carbonyl (C=O) groups excluding carboxylic acids is 1. The van der Waals surface area contributed by atoms with E-state index in [0.717, 1.165) is 0 Å².